The molecule has 1 N–H and O–H groups in total. The number of carbonyl (C=O) groups is 1. The maximum absolute atomic E-state index is 12.9. The number of piperidine rings is 1. The van der Waals surface area contributed by atoms with Gasteiger partial charge in [0.2, 0.25) is 10.0 Å². The second kappa shape index (κ2) is 9.06. The first-order valence-corrected chi connectivity index (χ1v) is 11.7. The average Bonchev–Trinajstić information content (AvgIpc) is 3.03. The van der Waals surface area contributed by atoms with Gasteiger partial charge < -0.3 is 14.8 Å². The third-order valence-electron chi connectivity index (χ3n) is 5.31. The number of nitrogens with zero attached hydrogens (tertiary/aromatic N) is 1. The number of sulfonamides is 1. The van der Waals surface area contributed by atoms with Gasteiger partial charge in [-0.3, -0.25) is 4.79 Å². The molecule has 0 spiro atoms. The number of benzene rings is 2. The number of carbonyl (C=O) groups excluding carboxylic acids is 1. The van der Waals surface area contributed by atoms with E-state index in [-0.39, 0.29) is 17.3 Å². The highest BCUT2D eigenvalue weighted by Gasteiger charge is 2.26. The number of amides is 1. The fourth-order valence-corrected chi connectivity index (χ4v) is 5.25. The Morgan fingerprint density at radius 2 is 1.70 bits per heavy atom. The van der Waals surface area contributed by atoms with Gasteiger partial charge in [-0.05, 0) is 48.7 Å². The molecule has 2 aliphatic heterocycles. The van der Waals surface area contributed by atoms with Crippen LogP contribution in [0.4, 0.5) is 0 Å². The Bertz CT molecular complexity index is 1020. The predicted molar refractivity (Wildman–Crippen MR) is 112 cm³/mol. The number of hydrogen-bond donors (Lipinski definition) is 1. The van der Waals surface area contributed by atoms with Crippen molar-refractivity contribution in [3.8, 4) is 11.5 Å². The highest BCUT2D eigenvalue weighted by molar-refractivity contribution is 7.89. The summed E-state index contributed by atoms with van der Waals surface area (Å²) in [5.74, 6) is 0.949. The van der Waals surface area contributed by atoms with Gasteiger partial charge >= 0.3 is 0 Å². The van der Waals surface area contributed by atoms with E-state index < -0.39 is 10.0 Å². The number of rotatable bonds is 5. The summed E-state index contributed by atoms with van der Waals surface area (Å²) in [5.41, 5.74) is 1.20. The number of nitrogens with one attached hydrogen (secondary N) is 1. The molecule has 0 radical (unpaired) electrons. The molecule has 8 heteroatoms. The molecule has 0 unspecified atom stereocenters. The van der Waals surface area contributed by atoms with E-state index in [0.717, 1.165) is 31.2 Å². The first-order valence-electron chi connectivity index (χ1n) is 10.3. The number of ether oxygens (including phenoxy) is 2. The van der Waals surface area contributed by atoms with Gasteiger partial charge in [-0.15, -0.1) is 0 Å². The summed E-state index contributed by atoms with van der Waals surface area (Å²) in [4.78, 5) is 12.9. The molecular weight excluding hydrogens is 404 g/mol. The lowest BCUT2D eigenvalue weighted by Gasteiger charge is -2.26. The van der Waals surface area contributed by atoms with Crippen molar-refractivity contribution in [2.75, 3.05) is 26.3 Å². The molecule has 0 bridgehead atoms. The molecule has 1 saturated heterocycles. The van der Waals surface area contributed by atoms with Gasteiger partial charge in [-0.25, -0.2) is 8.42 Å². The Balaban J connectivity index is 1.43. The van der Waals surface area contributed by atoms with Crippen LogP contribution in [0.3, 0.4) is 0 Å². The van der Waals surface area contributed by atoms with Crippen molar-refractivity contribution in [2.45, 2.75) is 37.1 Å². The Hall–Kier alpha value is -2.58. The molecule has 2 heterocycles. The minimum absolute atomic E-state index is 0.233. The van der Waals surface area contributed by atoms with E-state index in [1.807, 2.05) is 6.07 Å². The zero-order valence-corrected chi connectivity index (χ0v) is 17.6. The molecule has 0 aliphatic carbocycles. The molecule has 2 aliphatic rings. The highest BCUT2D eigenvalue weighted by atomic mass is 32.2. The van der Waals surface area contributed by atoms with Gasteiger partial charge in [-0.1, -0.05) is 18.6 Å². The summed E-state index contributed by atoms with van der Waals surface area (Å²) < 4.78 is 38.5. The number of fused-ring (bicyclic) bond motifs is 1. The topological polar surface area (TPSA) is 84.9 Å². The Morgan fingerprint density at radius 3 is 2.50 bits per heavy atom. The normalized spacial score (nSPS) is 17.2. The third kappa shape index (κ3) is 4.60. The van der Waals surface area contributed by atoms with E-state index in [1.54, 1.807) is 40.7 Å². The molecular formula is C22H26N2O5S. The maximum atomic E-state index is 12.9. The summed E-state index contributed by atoms with van der Waals surface area (Å²) in [7, 11) is -3.50. The van der Waals surface area contributed by atoms with Gasteiger partial charge in [0.05, 0.1) is 18.1 Å². The van der Waals surface area contributed by atoms with E-state index in [2.05, 4.69) is 5.32 Å². The van der Waals surface area contributed by atoms with Crippen LogP contribution in [0.5, 0.6) is 11.5 Å². The Kier molecular flexibility index (Phi) is 6.24. The van der Waals surface area contributed by atoms with E-state index in [4.69, 9.17) is 9.47 Å². The molecule has 160 valence electrons. The van der Waals surface area contributed by atoms with E-state index in [0.29, 0.717) is 43.4 Å². The van der Waals surface area contributed by atoms with Gasteiger partial charge in [0.25, 0.3) is 5.91 Å². The van der Waals surface area contributed by atoms with Crippen molar-refractivity contribution in [2.24, 2.45) is 0 Å². The molecule has 2 aromatic rings. The summed E-state index contributed by atoms with van der Waals surface area (Å²) in [6, 6.07) is 11.9. The quantitative estimate of drug-likeness (QED) is 0.788. The fraction of sp³-hybridized carbons (Fsp3) is 0.409. The van der Waals surface area contributed by atoms with Gasteiger partial charge in [-0.2, -0.15) is 4.31 Å². The predicted octanol–water partition coefficient (Wildman–Crippen LogP) is 2.95. The first kappa shape index (κ1) is 20.7. The SMILES string of the molecule is O=C(NCc1cccc(S(=O)(=O)N2CCCCC2)c1)c1ccc2c(c1)OCCCO2. The molecule has 7 nitrogen and oxygen atoms in total. The van der Waals surface area contributed by atoms with Crippen LogP contribution in [0.25, 0.3) is 0 Å². The Morgan fingerprint density at radius 1 is 0.933 bits per heavy atom. The van der Waals surface area contributed by atoms with E-state index >= 15 is 0 Å². The summed E-state index contributed by atoms with van der Waals surface area (Å²) in [6.07, 6.45) is 3.65. The monoisotopic (exact) mass is 430 g/mol. The van der Waals surface area contributed by atoms with Crippen molar-refractivity contribution >= 4 is 15.9 Å². The number of hydrogen-bond acceptors (Lipinski definition) is 5. The van der Waals surface area contributed by atoms with Crippen LogP contribution >= 0.6 is 0 Å². The smallest absolute Gasteiger partial charge is 0.251 e. The lowest BCUT2D eigenvalue weighted by molar-refractivity contribution is 0.0950. The van der Waals surface area contributed by atoms with Gasteiger partial charge in [0.1, 0.15) is 0 Å². The lowest BCUT2D eigenvalue weighted by Crippen LogP contribution is -2.35. The third-order valence-corrected chi connectivity index (χ3v) is 7.21. The van der Waals surface area contributed by atoms with Crippen LogP contribution < -0.4 is 14.8 Å². The molecule has 1 fully saturated rings. The molecule has 4 rings (SSSR count). The minimum Gasteiger partial charge on any atom is -0.490 e. The summed E-state index contributed by atoms with van der Waals surface area (Å²) >= 11 is 0. The van der Waals surface area contributed by atoms with Crippen LogP contribution in [0.15, 0.2) is 47.4 Å². The van der Waals surface area contributed by atoms with Crippen molar-refractivity contribution in [3.63, 3.8) is 0 Å². The fourth-order valence-electron chi connectivity index (χ4n) is 3.66. The second-order valence-electron chi connectivity index (χ2n) is 7.51. The van der Waals surface area contributed by atoms with Gasteiger partial charge in [0.15, 0.2) is 11.5 Å². The molecule has 0 atom stereocenters. The zero-order chi connectivity index (χ0) is 21.0. The Labute approximate surface area is 177 Å². The standard InChI is InChI=1S/C22H26N2O5S/c25-22(18-8-9-20-21(15-18)29-13-5-12-28-20)23-16-17-6-4-7-19(14-17)30(26,27)24-10-2-1-3-11-24/h4,6-9,14-15H,1-3,5,10-13,16H2,(H,23,25). The van der Waals surface area contributed by atoms with Crippen molar-refractivity contribution < 1.29 is 22.7 Å². The largest absolute Gasteiger partial charge is 0.490 e. The van der Waals surface area contributed by atoms with E-state index in [9.17, 15) is 13.2 Å². The molecule has 2 aromatic carbocycles. The molecule has 1 amide bonds. The van der Waals surface area contributed by atoms with Crippen LogP contribution in [-0.2, 0) is 16.6 Å². The van der Waals surface area contributed by atoms with Crippen molar-refractivity contribution in [1.29, 1.82) is 0 Å². The van der Waals surface area contributed by atoms with Crippen LogP contribution in [0.1, 0.15) is 41.6 Å². The van der Waals surface area contributed by atoms with Crippen LogP contribution in [-0.4, -0.2) is 44.9 Å². The van der Waals surface area contributed by atoms with Crippen LogP contribution in [0, 0.1) is 0 Å². The second-order valence-corrected chi connectivity index (χ2v) is 9.44. The summed E-state index contributed by atoms with van der Waals surface area (Å²) in [5, 5.41) is 2.85. The van der Waals surface area contributed by atoms with E-state index in [1.165, 1.54) is 0 Å². The van der Waals surface area contributed by atoms with Crippen LogP contribution in [0.2, 0.25) is 0 Å². The molecule has 30 heavy (non-hydrogen) atoms. The molecule has 0 aromatic heterocycles. The van der Waals surface area contributed by atoms with Gasteiger partial charge in [0, 0.05) is 31.6 Å². The summed E-state index contributed by atoms with van der Waals surface area (Å²) in [6.45, 7) is 2.50. The first-order chi connectivity index (χ1) is 14.5. The van der Waals surface area contributed by atoms with Crippen molar-refractivity contribution in [1.82, 2.24) is 9.62 Å². The average molecular weight is 431 g/mol. The minimum atomic E-state index is -3.50. The maximum Gasteiger partial charge on any atom is 0.251 e. The lowest BCUT2D eigenvalue weighted by atomic mass is 10.1. The highest BCUT2D eigenvalue weighted by Crippen LogP contribution is 2.30. The molecule has 0 saturated carbocycles. The van der Waals surface area contributed by atoms with Crippen molar-refractivity contribution in [3.05, 3.63) is 53.6 Å². The zero-order valence-electron chi connectivity index (χ0n) is 16.8.